The van der Waals surface area contributed by atoms with E-state index in [1.165, 1.54) is 7.11 Å². The summed E-state index contributed by atoms with van der Waals surface area (Å²) in [7, 11) is -3.24. The van der Waals surface area contributed by atoms with Crippen LogP contribution >= 0.6 is 0 Å². The molecule has 0 radical (unpaired) electrons. The summed E-state index contributed by atoms with van der Waals surface area (Å²) < 4.78 is 79.1. The predicted molar refractivity (Wildman–Crippen MR) is 151 cm³/mol. The number of methoxy groups -OCH3 is 1. The van der Waals surface area contributed by atoms with Crippen LogP contribution in [0.5, 0.6) is 5.75 Å². The Balaban J connectivity index is 1.59. The van der Waals surface area contributed by atoms with Crippen molar-refractivity contribution in [3.05, 3.63) is 59.5 Å². The van der Waals surface area contributed by atoms with Gasteiger partial charge >= 0.3 is 0 Å². The Hall–Kier alpha value is -3.84. The minimum absolute atomic E-state index is 0.0992. The largest absolute Gasteiger partial charge is 0.494 e. The van der Waals surface area contributed by atoms with Crippen molar-refractivity contribution in [3.8, 4) is 17.0 Å². The standard InChI is InChI=1S/C28H31F3N6O3S/c1-14(2)37-27-19(15-4-6-16(32)7-5-15)13-34-28(33)25(27)26(35-37)18-11-22(31)23(12-21(18)30)36-41(38,39)17-8-9-20(29)24(10-17)40-3/h8-16,36H,4-7,32H2,1-3H3,(H2,33,34)/t15-,16-. The van der Waals surface area contributed by atoms with Crippen LogP contribution in [-0.4, -0.2) is 36.3 Å². The summed E-state index contributed by atoms with van der Waals surface area (Å²) in [5, 5.41) is 5.05. The molecule has 1 aliphatic rings. The predicted octanol–water partition coefficient (Wildman–Crippen LogP) is 5.47. The van der Waals surface area contributed by atoms with Gasteiger partial charge < -0.3 is 16.2 Å². The number of nitrogens with zero attached hydrogens (tertiary/aromatic N) is 3. The van der Waals surface area contributed by atoms with Gasteiger partial charge in [-0.25, -0.2) is 26.6 Å². The number of sulfonamides is 1. The van der Waals surface area contributed by atoms with Crippen molar-refractivity contribution in [1.82, 2.24) is 14.8 Å². The minimum atomic E-state index is -4.41. The van der Waals surface area contributed by atoms with Crippen molar-refractivity contribution < 1.29 is 26.3 Å². The van der Waals surface area contributed by atoms with Crippen LogP contribution in [0.1, 0.15) is 57.1 Å². The first-order chi connectivity index (χ1) is 19.4. The average molecular weight is 589 g/mol. The lowest BCUT2D eigenvalue weighted by Gasteiger charge is -2.27. The number of hydrogen-bond acceptors (Lipinski definition) is 7. The Kier molecular flexibility index (Phi) is 7.60. The topological polar surface area (TPSA) is 138 Å². The van der Waals surface area contributed by atoms with E-state index in [-0.39, 0.29) is 40.8 Å². The first-order valence-corrected chi connectivity index (χ1v) is 14.7. The van der Waals surface area contributed by atoms with E-state index in [4.69, 9.17) is 16.2 Å². The second-order valence-electron chi connectivity index (χ2n) is 10.5. The summed E-state index contributed by atoms with van der Waals surface area (Å²) >= 11 is 0. The van der Waals surface area contributed by atoms with E-state index in [0.29, 0.717) is 10.9 Å². The number of nitrogen functional groups attached to an aromatic ring is 1. The maximum Gasteiger partial charge on any atom is 0.262 e. The molecular weight excluding hydrogens is 557 g/mol. The highest BCUT2D eigenvalue weighted by molar-refractivity contribution is 7.92. The lowest BCUT2D eigenvalue weighted by atomic mass is 9.82. The molecule has 0 bridgehead atoms. The first-order valence-electron chi connectivity index (χ1n) is 13.2. The van der Waals surface area contributed by atoms with Crippen molar-refractivity contribution in [2.75, 3.05) is 17.6 Å². The monoisotopic (exact) mass is 588 g/mol. The van der Waals surface area contributed by atoms with Crippen molar-refractivity contribution in [3.63, 3.8) is 0 Å². The molecule has 0 saturated heterocycles. The van der Waals surface area contributed by atoms with Crippen LogP contribution in [0, 0.1) is 17.5 Å². The summed E-state index contributed by atoms with van der Waals surface area (Å²) in [6, 6.07) is 4.45. The molecular formula is C28H31F3N6O3S. The van der Waals surface area contributed by atoms with Crippen molar-refractivity contribution in [2.45, 2.75) is 62.4 Å². The average Bonchev–Trinajstić information content (AvgIpc) is 3.33. The van der Waals surface area contributed by atoms with Gasteiger partial charge in [-0.15, -0.1) is 0 Å². The van der Waals surface area contributed by atoms with Crippen LogP contribution in [0.2, 0.25) is 0 Å². The minimum Gasteiger partial charge on any atom is -0.494 e. The van der Waals surface area contributed by atoms with E-state index < -0.39 is 38.1 Å². The van der Waals surface area contributed by atoms with Gasteiger partial charge in [-0.05, 0) is 69.2 Å². The zero-order valence-electron chi connectivity index (χ0n) is 22.8. The number of anilines is 2. The lowest BCUT2D eigenvalue weighted by molar-refractivity contribution is 0.385. The summed E-state index contributed by atoms with van der Waals surface area (Å²) in [6.07, 6.45) is 5.17. The molecule has 2 aromatic heterocycles. The van der Waals surface area contributed by atoms with Gasteiger partial charge in [0.25, 0.3) is 10.0 Å². The number of benzene rings is 2. The number of rotatable bonds is 7. The first kappa shape index (κ1) is 28.7. The molecule has 0 spiro atoms. The Morgan fingerprint density at radius 1 is 1.05 bits per heavy atom. The van der Waals surface area contributed by atoms with Crippen LogP contribution in [-0.2, 0) is 10.0 Å². The number of halogens is 3. The zero-order valence-corrected chi connectivity index (χ0v) is 23.6. The summed E-state index contributed by atoms with van der Waals surface area (Å²) in [4.78, 5) is 3.99. The highest BCUT2D eigenvalue weighted by Gasteiger charge is 2.29. The van der Waals surface area contributed by atoms with E-state index in [1.54, 1.807) is 10.9 Å². The molecule has 1 aliphatic carbocycles. The van der Waals surface area contributed by atoms with Crippen LogP contribution in [0.3, 0.4) is 0 Å². The second-order valence-corrected chi connectivity index (χ2v) is 12.2. The number of nitrogens with one attached hydrogen (secondary N) is 1. The van der Waals surface area contributed by atoms with E-state index >= 15 is 8.78 Å². The Labute approximate surface area is 235 Å². The molecule has 9 nitrogen and oxygen atoms in total. The van der Waals surface area contributed by atoms with E-state index in [9.17, 15) is 12.8 Å². The van der Waals surface area contributed by atoms with Gasteiger partial charge in [0.15, 0.2) is 11.6 Å². The van der Waals surface area contributed by atoms with E-state index in [2.05, 4.69) is 10.1 Å². The maximum absolute atomic E-state index is 15.6. The van der Waals surface area contributed by atoms with Gasteiger partial charge in [0.2, 0.25) is 0 Å². The molecule has 0 amide bonds. The third-order valence-electron chi connectivity index (χ3n) is 7.47. The number of fused-ring (bicyclic) bond motifs is 1. The highest BCUT2D eigenvalue weighted by Crippen LogP contribution is 2.42. The SMILES string of the molecule is COc1cc(S(=O)(=O)Nc2cc(F)c(-c3nn(C(C)C)c4c3c(N)ncc4[C@H]3CC[C@H](N)CC3)cc2F)ccc1F. The molecule has 41 heavy (non-hydrogen) atoms. The third kappa shape index (κ3) is 5.31. The molecule has 5 N–H and O–H groups in total. The summed E-state index contributed by atoms with van der Waals surface area (Å²) in [5.74, 6) is -2.78. The Morgan fingerprint density at radius 3 is 2.41 bits per heavy atom. The fourth-order valence-corrected chi connectivity index (χ4v) is 6.40. The zero-order chi connectivity index (χ0) is 29.6. The Bertz CT molecular complexity index is 1730. The highest BCUT2D eigenvalue weighted by atomic mass is 32.2. The molecule has 1 saturated carbocycles. The number of ether oxygens (including phenoxy) is 1. The normalized spacial score (nSPS) is 17.8. The molecule has 2 aromatic carbocycles. The van der Waals surface area contributed by atoms with E-state index in [1.807, 2.05) is 18.6 Å². The third-order valence-corrected chi connectivity index (χ3v) is 8.84. The van der Waals surface area contributed by atoms with Crippen LogP contribution in [0.4, 0.5) is 24.7 Å². The fourth-order valence-electron chi connectivity index (χ4n) is 5.33. The second kappa shape index (κ2) is 10.9. The van der Waals surface area contributed by atoms with Gasteiger partial charge in [-0.3, -0.25) is 9.40 Å². The van der Waals surface area contributed by atoms with Gasteiger partial charge in [0, 0.05) is 36.0 Å². The van der Waals surface area contributed by atoms with Crippen molar-refractivity contribution in [2.24, 2.45) is 5.73 Å². The number of aromatic nitrogens is 3. The van der Waals surface area contributed by atoms with E-state index in [0.717, 1.165) is 61.6 Å². The van der Waals surface area contributed by atoms with Crippen LogP contribution in [0.15, 0.2) is 41.4 Å². The summed E-state index contributed by atoms with van der Waals surface area (Å²) in [5.41, 5.74) is 13.3. The molecule has 13 heteroatoms. The Morgan fingerprint density at radius 2 is 1.76 bits per heavy atom. The molecule has 1 fully saturated rings. The maximum atomic E-state index is 15.6. The molecule has 0 unspecified atom stereocenters. The number of pyridine rings is 1. The van der Waals surface area contributed by atoms with Gasteiger partial charge in [-0.2, -0.15) is 5.10 Å². The summed E-state index contributed by atoms with van der Waals surface area (Å²) in [6.45, 7) is 3.85. The molecule has 2 heterocycles. The fraction of sp³-hybridized carbons (Fsp3) is 0.357. The number of hydrogen-bond donors (Lipinski definition) is 3. The molecule has 4 aromatic rings. The molecule has 5 rings (SSSR count). The number of nitrogens with two attached hydrogens (primary N) is 2. The van der Waals surface area contributed by atoms with Gasteiger partial charge in [0.1, 0.15) is 23.1 Å². The lowest BCUT2D eigenvalue weighted by Crippen LogP contribution is -2.26. The molecule has 218 valence electrons. The van der Waals surface area contributed by atoms with Crippen LogP contribution < -0.4 is 20.9 Å². The smallest absolute Gasteiger partial charge is 0.262 e. The van der Waals surface area contributed by atoms with Crippen LogP contribution in [0.25, 0.3) is 22.2 Å². The quantitative estimate of drug-likeness (QED) is 0.260. The van der Waals surface area contributed by atoms with Crippen molar-refractivity contribution in [1.29, 1.82) is 0 Å². The van der Waals surface area contributed by atoms with Crippen molar-refractivity contribution >= 4 is 32.4 Å². The van der Waals surface area contributed by atoms with Gasteiger partial charge in [0.05, 0.1) is 28.6 Å². The molecule has 0 aliphatic heterocycles. The molecule has 0 atom stereocenters. The van der Waals surface area contributed by atoms with Gasteiger partial charge in [-0.1, -0.05) is 0 Å².